The second-order valence-electron chi connectivity index (χ2n) is 13.0. The van der Waals surface area contributed by atoms with Gasteiger partial charge in [-0.2, -0.15) is 0 Å². The van der Waals surface area contributed by atoms with E-state index in [1.54, 1.807) is 0 Å². The topological polar surface area (TPSA) is 48.0 Å². The van der Waals surface area contributed by atoms with Gasteiger partial charge in [0.1, 0.15) is 6.61 Å². The van der Waals surface area contributed by atoms with E-state index in [1.165, 1.54) is 83.5 Å². The number of unbranched alkanes of at least 4 members (excludes halogenated alkanes) is 14. The molecule has 0 amide bonds. The van der Waals surface area contributed by atoms with Crippen LogP contribution in [0.1, 0.15) is 156 Å². The highest BCUT2D eigenvalue weighted by atomic mass is 17.2. The van der Waals surface area contributed by atoms with Gasteiger partial charge in [-0.25, -0.2) is 9.78 Å². The Morgan fingerprint density at radius 2 is 1.21 bits per heavy atom. The Labute approximate surface area is 240 Å². The van der Waals surface area contributed by atoms with Gasteiger partial charge < -0.3 is 4.84 Å². The first kappa shape index (κ1) is 33.8. The van der Waals surface area contributed by atoms with Gasteiger partial charge in [0.15, 0.2) is 0 Å². The van der Waals surface area contributed by atoms with Crippen molar-refractivity contribution in [3.05, 3.63) is 35.9 Å². The van der Waals surface area contributed by atoms with Gasteiger partial charge in [0, 0.05) is 6.42 Å². The van der Waals surface area contributed by atoms with Crippen LogP contribution < -0.4 is 0 Å². The Bertz CT molecular complexity index is 746. The van der Waals surface area contributed by atoms with Crippen molar-refractivity contribution >= 4 is 5.97 Å². The maximum Gasteiger partial charge on any atom is 0.325 e. The van der Waals surface area contributed by atoms with E-state index in [0.717, 1.165) is 31.2 Å². The summed E-state index contributed by atoms with van der Waals surface area (Å²) < 4.78 is 0. The molecule has 5 nitrogen and oxygen atoms in total. The maximum atomic E-state index is 12.7. The minimum Gasteiger partial charge on any atom is -0.367 e. The van der Waals surface area contributed by atoms with Crippen LogP contribution in [0.15, 0.2) is 30.3 Å². The Hall–Kier alpha value is -1.43. The monoisotopic (exact) mass is 545 g/mol. The molecule has 0 N–H and O–H groups in total. The molecular weight excluding hydrogens is 486 g/mol. The van der Waals surface area contributed by atoms with Gasteiger partial charge in [0.2, 0.25) is 0 Å². The predicted molar refractivity (Wildman–Crippen MR) is 161 cm³/mol. The number of hydrogen-bond acceptors (Lipinski definition) is 5. The minimum atomic E-state index is -0.340. The first-order valence-electron chi connectivity index (χ1n) is 16.1. The molecule has 5 heteroatoms. The SMILES string of the molecule is CCCCCCCCCCCCCCCCCC(=O)ON1C(C)(C)CC(OOCc2ccccc2)CC1(C)C. The minimum absolute atomic E-state index is 0.0517. The lowest BCUT2D eigenvalue weighted by atomic mass is 9.80. The third kappa shape index (κ3) is 14.2. The first-order valence-corrected chi connectivity index (χ1v) is 16.1. The van der Waals surface area contributed by atoms with E-state index in [1.807, 2.05) is 35.4 Å². The lowest BCUT2D eigenvalue weighted by molar-refractivity contribution is -0.364. The summed E-state index contributed by atoms with van der Waals surface area (Å²) in [6, 6.07) is 10.0. The predicted octanol–water partition coefficient (Wildman–Crippen LogP) is 9.88. The molecule has 0 aliphatic carbocycles. The van der Waals surface area contributed by atoms with Crippen LogP contribution in [0.5, 0.6) is 0 Å². The van der Waals surface area contributed by atoms with Crippen LogP contribution in [0.4, 0.5) is 0 Å². The fraction of sp³-hybridized carbons (Fsp3) is 0.794. The zero-order chi connectivity index (χ0) is 28.4. The van der Waals surface area contributed by atoms with Crippen LogP contribution in [0.3, 0.4) is 0 Å². The third-order valence-corrected chi connectivity index (χ3v) is 8.00. The van der Waals surface area contributed by atoms with Crippen LogP contribution in [-0.2, 0) is 26.0 Å². The Kier molecular flexibility index (Phi) is 16.3. The summed E-state index contributed by atoms with van der Waals surface area (Å²) in [5.41, 5.74) is 0.404. The number of carbonyl (C=O) groups excluding carboxylic acids is 1. The second-order valence-corrected chi connectivity index (χ2v) is 13.0. The smallest absolute Gasteiger partial charge is 0.325 e. The summed E-state index contributed by atoms with van der Waals surface area (Å²) in [4.78, 5) is 30.1. The maximum absolute atomic E-state index is 12.7. The fourth-order valence-electron chi connectivity index (χ4n) is 6.05. The number of hydrogen-bond donors (Lipinski definition) is 0. The van der Waals surface area contributed by atoms with Crippen LogP contribution >= 0.6 is 0 Å². The van der Waals surface area contributed by atoms with Crippen molar-refractivity contribution in [1.29, 1.82) is 0 Å². The number of hydroxylamine groups is 2. The van der Waals surface area contributed by atoms with E-state index >= 15 is 0 Å². The summed E-state index contributed by atoms with van der Waals surface area (Å²) in [7, 11) is 0. The van der Waals surface area contributed by atoms with Crippen LogP contribution in [0, 0.1) is 0 Å². The van der Waals surface area contributed by atoms with E-state index in [9.17, 15) is 4.79 Å². The molecule has 1 aromatic rings. The average molecular weight is 546 g/mol. The molecule has 2 rings (SSSR count). The standard InChI is InChI=1S/C34H59NO4/c1-6-7-8-9-10-11-12-13-14-15-16-17-18-19-23-26-32(36)38-35-33(2,3)27-31(28-34(35,4)5)39-37-29-30-24-21-20-22-25-30/h20-22,24-25,31H,6-19,23,26-29H2,1-5H3. The molecule has 0 aromatic heterocycles. The van der Waals surface area contributed by atoms with Crippen molar-refractivity contribution in [2.24, 2.45) is 0 Å². The first-order chi connectivity index (χ1) is 18.7. The highest BCUT2D eigenvalue weighted by Gasteiger charge is 2.49. The molecule has 1 aliphatic rings. The van der Waals surface area contributed by atoms with Crippen molar-refractivity contribution in [2.45, 2.75) is 174 Å². The van der Waals surface area contributed by atoms with Crippen LogP contribution in [-0.4, -0.2) is 28.2 Å². The Balaban J connectivity index is 1.53. The summed E-state index contributed by atoms with van der Waals surface area (Å²) >= 11 is 0. The van der Waals surface area contributed by atoms with Gasteiger partial charge >= 0.3 is 5.97 Å². The van der Waals surface area contributed by atoms with Gasteiger partial charge in [-0.05, 0) is 52.5 Å². The number of rotatable bonds is 21. The lowest BCUT2D eigenvalue weighted by Gasteiger charge is -2.52. The normalized spacial score (nSPS) is 17.4. The largest absolute Gasteiger partial charge is 0.367 e. The summed E-state index contributed by atoms with van der Waals surface area (Å²) in [5.74, 6) is -0.120. The molecule has 0 atom stereocenters. The van der Waals surface area contributed by atoms with E-state index in [4.69, 9.17) is 14.6 Å². The summed E-state index contributed by atoms with van der Waals surface area (Å²) in [6.45, 7) is 11.2. The number of piperidine rings is 1. The number of carbonyl (C=O) groups is 1. The Morgan fingerprint density at radius 3 is 1.69 bits per heavy atom. The van der Waals surface area contributed by atoms with E-state index < -0.39 is 0 Å². The van der Waals surface area contributed by atoms with Crippen molar-refractivity contribution in [3.63, 3.8) is 0 Å². The van der Waals surface area contributed by atoms with Gasteiger partial charge in [-0.15, -0.1) is 5.06 Å². The summed E-state index contributed by atoms with van der Waals surface area (Å²) in [5, 5.41) is 1.91. The van der Waals surface area contributed by atoms with Crippen LogP contribution in [0.25, 0.3) is 0 Å². The van der Waals surface area contributed by atoms with Gasteiger partial charge in [-0.1, -0.05) is 127 Å². The number of benzene rings is 1. The summed E-state index contributed by atoms with van der Waals surface area (Å²) in [6.07, 6.45) is 21.7. The molecule has 0 spiro atoms. The zero-order valence-electron chi connectivity index (χ0n) is 26.0. The molecule has 0 unspecified atom stereocenters. The highest BCUT2D eigenvalue weighted by Crippen LogP contribution is 2.40. The van der Waals surface area contributed by atoms with E-state index in [2.05, 4.69) is 34.6 Å². The molecule has 1 aliphatic heterocycles. The molecule has 1 heterocycles. The average Bonchev–Trinajstić information content (AvgIpc) is 2.89. The highest BCUT2D eigenvalue weighted by molar-refractivity contribution is 5.69. The van der Waals surface area contributed by atoms with Gasteiger partial charge in [-0.3, -0.25) is 4.79 Å². The molecular formula is C34H59NO4. The molecule has 224 valence electrons. The van der Waals surface area contributed by atoms with Crippen molar-refractivity contribution in [2.75, 3.05) is 0 Å². The Morgan fingerprint density at radius 1 is 0.744 bits per heavy atom. The molecule has 0 bridgehead atoms. The van der Waals surface area contributed by atoms with E-state index in [0.29, 0.717) is 13.0 Å². The molecule has 0 radical (unpaired) electrons. The quantitative estimate of drug-likeness (QED) is 0.0874. The molecule has 39 heavy (non-hydrogen) atoms. The number of nitrogens with zero attached hydrogens (tertiary/aromatic N) is 1. The fourth-order valence-corrected chi connectivity index (χ4v) is 6.05. The van der Waals surface area contributed by atoms with Crippen molar-refractivity contribution in [1.82, 2.24) is 5.06 Å². The zero-order valence-corrected chi connectivity index (χ0v) is 26.0. The molecule has 1 saturated heterocycles. The van der Waals surface area contributed by atoms with E-state index in [-0.39, 0.29) is 23.2 Å². The van der Waals surface area contributed by atoms with Crippen LogP contribution in [0.2, 0.25) is 0 Å². The lowest BCUT2D eigenvalue weighted by Crippen LogP contribution is -2.62. The third-order valence-electron chi connectivity index (χ3n) is 8.00. The van der Waals surface area contributed by atoms with Crippen molar-refractivity contribution < 1.29 is 19.4 Å². The molecule has 1 aromatic carbocycles. The van der Waals surface area contributed by atoms with Gasteiger partial charge in [0.05, 0.1) is 17.2 Å². The van der Waals surface area contributed by atoms with Crippen molar-refractivity contribution in [3.8, 4) is 0 Å². The molecule has 0 saturated carbocycles. The van der Waals surface area contributed by atoms with Gasteiger partial charge in [0.25, 0.3) is 0 Å². The second kappa shape index (κ2) is 18.8. The molecule has 1 fully saturated rings.